The largest absolute Gasteiger partial charge is 0.309 e. The van der Waals surface area contributed by atoms with Crippen molar-refractivity contribution in [1.82, 2.24) is 4.98 Å². The fourth-order valence-corrected chi connectivity index (χ4v) is 11.6. The molecule has 0 aliphatic heterocycles. The van der Waals surface area contributed by atoms with Crippen molar-refractivity contribution in [2.45, 2.75) is 0 Å². The maximum Gasteiger partial charge on any atom is 0.171 e. The van der Waals surface area contributed by atoms with Gasteiger partial charge in [0.2, 0.25) is 0 Å². The quantitative estimate of drug-likeness (QED) is 0.127. The van der Waals surface area contributed by atoms with Crippen LogP contribution in [0.15, 0.2) is 194 Å². The van der Waals surface area contributed by atoms with Gasteiger partial charge in [0, 0.05) is 63.4 Å². The highest BCUT2D eigenvalue weighted by Crippen LogP contribution is 2.46. The molecule has 0 bridgehead atoms. The molecule has 0 unspecified atom stereocenters. The van der Waals surface area contributed by atoms with E-state index in [-0.39, 0.29) is 0 Å². The Kier molecular flexibility index (Phi) is 7.65. The maximum absolute atomic E-state index is 15.0. The summed E-state index contributed by atoms with van der Waals surface area (Å²) in [6.07, 6.45) is 0. The molecule has 0 atom stereocenters. The Morgan fingerprint density at radius 1 is 0.396 bits per heavy atom. The van der Waals surface area contributed by atoms with Gasteiger partial charge in [0.05, 0.1) is 11.2 Å². The Labute approximate surface area is 312 Å². The Morgan fingerprint density at radius 2 is 0.981 bits per heavy atom. The topological polar surface area (TPSA) is 30.0 Å². The van der Waals surface area contributed by atoms with Crippen molar-refractivity contribution in [2.24, 2.45) is 0 Å². The highest BCUT2D eigenvalue weighted by atomic mass is 32.1. The van der Waals surface area contributed by atoms with Crippen molar-refractivity contribution < 1.29 is 4.57 Å². The van der Waals surface area contributed by atoms with Crippen LogP contribution in [0, 0.1) is 0 Å². The van der Waals surface area contributed by atoms with Crippen LogP contribution in [0.1, 0.15) is 0 Å². The average Bonchev–Trinajstić information content (AvgIpc) is 3.63. The molecule has 8 aromatic carbocycles. The van der Waals surface area contributed by atoms with Gasteiger partial charge in [0.15, 0.2) is 7.14 Å². The van der Waals surface area contributed by atoms with Gasteiger partial charge in [-0.3, -0.25) is 0 Å². The van der Waals surface area contributed by atoms with Crippen LogP contribution in [0.3, 0.4) is 0 Å². The second-order valence-corrected chi connectivity index (χ2v) is 17.2. The lowest BCUT2D eigenvalue weighted by atomic mass is 9.92. The lowest BCUT2D eigenvalue weighted by molar-refractivity contribution is 0.592. The Bertz CT molecular complexity index is 2970. The van der Waals surface area contributed by atoms with Gasteiger partial charge in [-0.25, -0.2) is 4.98 Å². The minimum atomic E-state index is -3.06. The summed E-state index contributed by atoms with van der Waals surface area (Å²) >= 11 is 1.85. The predicted molar refractivity (Wildman–Crippen MR) is 228 cm³/mol. The highest BCUT2D eigenvalue weighted by Gasteiger charge is 2.29. The summed E-state index contributed by atoms with van der Waals surface area (Å²) in [7, 11) is -3.06. The van der Waals surface area contributed by atoms with Crippen LogP contribution in [-0.4, -0.2) is 4.98 Å². The number of para-hydroxylation sites is 1. The number of thiophene rings is 1. The lowest BCUT2D eigenvalue weighted by Crippen LogP contribution is -2.24. The van der Waals surface area contributed by atoms with Crippen LogP contribution in [0.5, 0.6) is 0 Å². The van der Waals surface area contributed by atoms with E-state index in [4.69, 9.17) is 4.98 Å². The molecule has 0 saturated carbocycles. The molecule has 10 aromatic rings. The van der Waals surface area contributed by atoms with Crippen molar-refractivity contribution in [2.75, 3.05) is 0 Å². The van der Waals surface area contributed by atoms with Gasteiger partial charge >= 0.3 is 0 Å². The molecule has 0 aliphatic rings. The third kappa shape index (κ3) is 5.24. The fraction of sp³-hybridized carbons (Fsp3) is 0. The fourth-order valence-electron chi connectivity index (χ4n) is 7.83. The minimum Gasteiger partial charge on any atom is -0.309 e. The van der Waals surface area contributed by atoms with E-state index < -0.39 is 7.14 Å². The predicted octanol–water partition coefficient (Wildman–Crippen LogP) is 12.4. The molecule has 4 heteroatoms. The van der Waals surface area contributed by atoms with Crippen molar-refractivity contribution in [1.29, 1.82) is 0 Å². The maximum atomic E-state index is 15.0. The molecule has 0 fully saturated rings. The standard InChI is InChI=1S/C49H32NOPS/c51-52(37-18-6-2-7-19-37,38-20-8-3-9-21-38)39-28-26-33(27-29-39)35-16-12-17-36(32-35)40-23-13-24-42-46-43(48(50-49(40)42)34-14-4-1-5-15-34)30-31-45-47(46)41-22-10-11-25-44(41)53-45/h1-32H. The summed E-state index contributed by atoms with van der Waals surface area (Å²) in [5.74, 6) is 0. The first kappa shape index (κ1) is 31.6. The van der Waals surface area contributed by atoms with E-state index in [2.05, 4.69) is 121 Å². The van der Waals surface area contributed by atoms with Gasteiger partial charge in [0.25, 0.3) is 0 Å². The normalized spacial score (nSPS) is 11.8. The number of benzene rings is 8. The molecular formula is C49H32NOPS. The number of hydrogen-bond donors (Lipinski definition) is 0. The number of nitrogens with zero attached hydrogens (tertiary/aromatic N) is 1. The molecule has 53 heavy (non-hydrogen) atoms. The second-order valence-electron chi connectivity index (χ2n) is 13.4. The molecular weight excluding hydrogens is 682 g/mol. The zero-order valence-corrected chi connectivity index (χ0v) is 30.4. The van der Waals surface area contributed by atoms with Gasteiger partial charge in [-0.1, -0.05) is 176 Å². The van der Waals surface area contributed by atoms with Crippen LogP contribution < -0.4 is 15.9 Å². The molecule has 0 N–H and O–H groups in total. The van der Waals surface area contributed by atoms with Gasteiger partial charge in [-0.2, -0.15) is 0 Å². The van der Waals surface area contributed by atoms with Crippen molar-refractivity contribution >= 4 is 76.2 Å². The zero-order chi connectivity index (χ0) is 35.4. The van der Waals surface area contributed by atoms with E-state index >= 15 is 0 Å². The average molecular weight is 714 g/mol. The highest BCUT2D eigenvalue weighted by molar-refractivity contribution is 7.85. The molecule has 0 saturated heterocycles. The molecule has 2 nitrogen and oxygen atoms in total. The number of rotatable bonds is 6. The van der Waals surface area contributed by atoms with E-state index in [9.17, 15) is 4.57 Å². The summed E-state index contributed by atoms with van der Waals surface area (Å²) in [6.45, 7) is 0. The number of pyridine rings is 1. The number of hydrogen-bond acceptors (Lipinski definition) is 3. The van der Waals surface area contributed by atoms with Crippen LogP contribution >= 0.6 is 18.5 Å². The number of fused-ring (bicyclic) bond motifs is 7. The monoisotopic (exact) mass is 713 g/mol. The van der Waals surface area contributed by atoms with Crippen LogP contribution in [0.2, 0.25) is 0 Å². The van der Waals surface area contributed by atoms with Gasteiger partial charge < -0.3 is 4.57 Å². The van der Waals surface area contributed by atoms with E-state index in [1.165, 1.54) is 25.6 Å². The van der Waals surface area contributed by atoms with Gasteiger partial charge in [0.1, 0.15) is 0 Å². The smallest absolute Gasteiger partial charge is 0.171 e. The van der Waals surface area contributed by atoms with E-state index in [0.717, 1.165) is 65.7 Å². The Morgan fingerprint density at radius 3 is 1.72 bits per heavy atom. The summed E-state index contributed by atoms with van der Waals surface area (Å²) in [4.78, 5) is 5.49. The molecule has 2 heterocycles. The molecule has 10 rings (SSSR count). The van der Waals surface area contributed by atoms with Crippen LogP contribution in [0.25, 0.3) is 75.4 Å². The second kappa shape index (κ2) is 12.8. The third-order valence-electron chi connectivity index (χ3n) is 10.4. The van der Waals surface area contributed by atoms with Gasteiger partial charge in [-0.15, -0.1) is 11.3 Å². The molecule has 0 amide bonds. The molecule has 0 aliphatic carbocycles. The van der Waals surface area contributed by atoms with E-state index in [0.29, 0.717) is 0 Å². The van der Waals surface area contributed by atoms with Crippen molar-refractivity contribution in [3.8, 4) is 33.5 Å². The van der Waals surface area contributed by atoms with Crippen LogP contribution in [0.4, 0.5) is 0 Å². The third-order valence-corrected chi connectivity index (χ3v) is 14.6. The molecule has 0 spiro atoms. The number of aromatic nitrogens is 1. The first-order valence-corrected chi connectivity index (χ1v) is 20.3. The molecule has 250 valence electrons. The first-order chi connectivity index (χ1) is 26.2. The minimum absolute atomic E-state index is 0.820. The summed E-state index contributed by atoms with van der Waals surface area (Å²) in [5, 5.41) is 8.62. The SMILES string of the molecule is O=P(c1ccccc1)(c1ccccc1)c1ccc(-c2cccc(-c3cccc4c3nc(-c3ccccc3)c3ccc5sc6ccccc6c5c34)c2)cc1. The van der Waals surface area contributed by atoms with E-state index in [1.807, 2.05) is 84.1 Å². The first-order valence-electron chi connectivity index (χ1n) is 17.8. The van der Waals surface area contributed by atoms with Crippen LogP contribution in [-0.2, 0) is 4.57 Å². The van der Waals surface area contributed by atoms with E-state index in [1.54, 1.807) is 0 Å². The molecule has 2 aromatic heterocycles. The summed E-state index contributed by atoms with van der Waals surface area (Å²) in [6, 6.07) is 67.1. The zero-order valence-electron chi connectivity index (χ0n) is 28.7. The Hall–Kier alpha value is -6.12. The van der Waals surface area contributed by atoms with Crippen molar-refractivity contribution in [3.63, 3.8) is 0 Å². The molecule has 0 radical (unpaired) electrons. The Balaban J connectivity index is 1.14. The van der Waals surface area contributed by atoms with Gasteiger partial charge in [-0.05, 0) is 34.9 Å². The van der Waals surface area contributed by atoms with Crippen molar-refractivity contribution in [3.05, 3.63) is 194 Å². The summed E-state index contributed by atoms with van der Waals surface area (Å²) in [5.41, 5.74) is 7.43. The summed E-state index contributed by atoms with van der Waals surface area (Å²) < 4.78 is 17.6. The lowest BCUT2D eigenvalue weighted by Gasteiger charge is -2.20.